The fourth-order valence-corrected chi connectivity index (χ4v) is 2.23. The molecule has 0 fully saturated rings. The van der Waals surface area contributed by atoms with E-state index in [1.165, 1.54) is 11.3 Å². The first kappa shape index (κ1) is 14.2. The number of aromatic nitrogens is 1. The molecule has 1 unspecified atom stereocenters. The molecule has 0 aliphatic rings. The number of nitrogens with one attached hydrogen (secondary N) is 1. The highest BCUT2D eigenvalue weighted by Gasteiger charge is 2.14. The third-order valence-electron chi connectivity index (χ3n) is 2.45. The Morgan fingerprint density at radius 2 is 2.35 bits per heavy atom. The van der Waals surface area contributed by atoms with Crippen molar-refractivity contribution < 1.29 is 19.1 Å². The van der Waals surface area contributed by atoms with E-state index in [-0.39, 0.29) is 18.9 Å². The number of furan rings is 1. The molecule has 0 aromatic carbocycles. The van der Waals surface area contributed by atoms with Crippen LogP contribution < -0.4 is 11.1 Å². The van der Waals surface area contributed by atoms with Crippen molar-refractivity contribution >= 4 is 23.2 Å². The molecule has 0 bridgehead atoms. The molecule has 2 heterocycles. The van der Waals surface area contributed by atoms with Gasteiger partial charge in [0.25, 0.3) is 0 Å². The van der Waals surface area contributed by atoms with Gasteiger partial charge in [0.15, 0.2) is 10.8 Å². The van der Waals surface area contributed by atoms with Crippen LogP contribution in [0.5, 0.6) is 0 Å². The van der Waals surface area contributed by atoms with Crippen LogP contribution in [0.2, 0.25) is 0 Å². The van der Waals surface area contributed by atoms with Crippen molar-refractivity contribution in [1.29, 1.82) is 0 Å². The molecule has 2 aromatic rings. The summed E-state index contributed by atoms with van der Waals surface area (Å²) in [5.41, 5.74) is 5.46. The zero-order valence-corrected chi connectivity index (χ0v) is 11.2. The van der Waals surface area contributed by atoms with Crippen LogP contribution >= 0.6 is 11.3 Å². The molecule has 0 saturated carbocycles. The molecule has 2 aromatic heterocycles. The predicted molar refractivity (Wildman–Crippen MR) is 71.7 cm³/mol. The smallest absolute Gasteiger partial charge is 0.248 e. The maximum atomic E-state index is 11.6. The van der Waals surface area contributed by atoms with Crippen LogP contribution in [0.15, 0.2) is 28.2 Å². The summed E-state index contributed by atoms with van der Waals surface area (Å²) in [6.07, 6.45) is 0.227. The number of nitrogens with two attached hydrogens (primary N) is 1. The Morgan fingerprint density at radius 3 is 3.00 bits per heavy atom. The number of hydrogen-bond acceptors (Lipinski definition) is 6. The number of primary amides is 1. The van der Waals surface area contributed by atoms with Crippen molar-refractivity contribution in [3.05, 3.63) is 29.5 Å². The number of amides is 2. The molecule has 2 amide bonds. The number of carbonyl (C=O) groups excluding carboxylic acids is 2. The maximum absolute atomic E-state index is 11.6. The van der Waals surface area contributed by atoms with Crippen molar-refractivity contribution in [1.82, 2.24) is 10.3 Å². The Bertz CT molecular complexity index is 594. The Kier molecular flexibility index (Phi) is 4.49. The molecule has 0 spiro atoms. The summed E-state index contributed by atoms with van der Waals surface area (Å²) in [6, 6.07) is 3.54. The van der Waals surface area contributed by atoms with E-state index in [4.69, 9.17) is 15.3 Å². The molecule has 2 rings (SSSR count). The largest absolute Gasteiger partial charge is 0.462 e. The fraction of sp³-hybridized carbons (Fsp3) is 0.250. The van der Waals surface area contributed by atoms with Crippen LogP contribution in [-0.2, 0) is 16.0 Å². The monoisotopic (exact) mass is 295 g/mol. The van der Waals surface area contributed by atoms with E-state index in [0.717, 1.165) is 0 Å². The molecule has 8 heteroatoms. The molecule has 0 aliphatic carbocycles. The second-order valence-electron chi connectivity index (χ2n) is 4.02. The maximum Gasteiger partial charge on any atom is 0.248 e. The first-order valence-electron chi connectivity index (χ1n) is 5.78. The average Bonchev–Trinajstić information content (AvgIpc) is 3.05. The molecular weight excluding hydrogens is 282 g/mol. The Hall–Kier alpha value is -2.19. The lowest BCUT2D eigenvalue weighted by molar-refractivity contribution is -0.126. The number of hydrogen-bond donors (Lipinski definition) is 3. The quantitative estimate of drug-likeness (QED) is 0.688. The summed E-state index contributed by atoms with van der Waals surface area (Å²) in [4.78, 5) is 26.5. The highest BCUT2D eigenvalue weighted by molar-refractivity contribution is 7.13. The lowest BCUT2D eigenvalue weighted by Gasteiger charge is -2.07. The van der Waals surface area contributed by atoms with E-state index in [1.54, 1.807) is 23.8 Å². The molecule has 0 aliphatic heterocycles. The summed E-state index contributed by atoms with van der Waals surface area (Å²) in [6.45, 7) is -0.205. The van der Waals surface area contributed by atoms with Crippen molar-refractivity contribution in [3.8, 4) is 10.8 Å². The fourth-order valence-electron chi connectivity index (χ4n) is 1.44. The topological polar surface area (TPSA) is 118 Å². The van der Waals surface area contributed by atoms with Gasteiger partial charge >= 0.3 is 0 Å². The van der Waals surface area contributed by atoms with Gasteiger partial charge in [-0.25, -0.2) is 4.98 Å². The zero-order valence-electron chi connectivity index (χ0n) is 10.4. The number of thiazole rings is 1. The van der Waals surface area contributed by atoms with E-state index in [0.29, 0.717) is 16.5 Å². The number of aliphatic hydroxyl groups is 1. The van der Waals surface area contributed by atoms with Crippen molar-refractivity contribution in [2.45, 2.75) is 12.5 Å². The molecule has 4 N–H and O–H groups in total. The van der Waals surface area contributed by atoms with Crippen LogP contribution in [0.3, 0.4) is 0 Å². The van der Waals surface area contributed by atoms with Crippen LogP contribution in [-0.4, -0.2) is 34.6 Å². The highest BCUT2D eigenvalue weighted by atomic mass is 32.1. The highest BCUT2D eigenvalue weighted by Crippen LogP contribution is 2.23. The van der Waals surface area contributed by atoms with Gasteiger partial charge < -0.3 is 20.6 Å². The number of carbonyl (C=O) groups is 2. The first-order valence-corrected chi connectivity index (χ1v) is 6.66. The Morgan fingerprint density at radius 1 is 1.55 bits per heavy atom. The van der Waals surface area contributed by atoms with Crippen molar-refractivity contribution in [3.63, 3.8) is 0 Å². The second-order valence-corrected chi connectivity index (χ2v) is 4.88. The molecule has 1 atom stereocenters. The number of aliphatic hydroxyl groups excluding tert-OH is 1. The summed E-state index contributed by atoms with van der Waals surface area (Å²) in [5, 5.41) is 14.0. The first-order chi connectivity index (χ1) is 9.56. The van der Waals surface area contributed by atoms with Crippen LogP contribution in [0, 0.1) is 0 Å². The molecular formula is C12H13N3O4S. The summed E-state index contributed by atoms with van der Waals surface area (Å²) in [5.74, 6) is -0.577. The minimum Gasteiger partial charge on any atom is -0.462 e. The summed E-state index contributed by atoms with van der Waals surface area (Å²) in [7, 11) is 0. The van der Waals surface area contributed by atoms with Gasteiger partial charge in [-0.1, -0.05) is 0 Å². The van der Waals surface area contributed by atoms with Gasteiger partial charge in [-0.15, -0.1) is 11.3 Å². The zero-order chi connectivity index (χ0) is 14.5. The predicted octanol–water partition coefficient (Wildman–Crippen LogP) is -0.0920. The van der Waals surface area contributed by atoms with Gasteiger partial charge in [0.05, 0.1) is 24.9 Å². The minimum absolute atomic E-state index is 0.0582. The van der Waals surface area contributed by atoms with Crippen molar-refractivity contribution in [2.24, 2.45) is 5.73 Å². The van der Waals surface area contributed by atoms with Crippen molar-refractivity contribution in [2.75, 3.05) is 6.54 Å². The SMILES string of the molecule is NC(=O)C(O)CNC(=O)Cc1csc(-c2ccco2)n1. The molecule has 0 saturated heterocycles. The van der Waals surface area contributed by atoms with E-state index in [1.807, 2.05) is 0 Å². The standard InChI is InChI=1S/C12H13N3O4S/c13-11(18)8(16)5-14-10(17)4-7-6-20-12(15-7)9-2-1-3-19-9/h1-3,6,8,16H,4-5H2,(H2,13,18)(H,14,17). The number of nitrogens with zero attached hydrogens (tertiary/aromatic N) is 1. The van der Waals surface area contributed by atoms with Gasteiger partial charge in [-0.3, -0.25) is 9.59 Å². The summed E-state index contributed by atoms with van der Waals surface area (Å²) < 4.78 is 5.21. The van der Waals surface area contributed by atoms with Gasteiger partial charge in [0, 0.05) is 5.38 Å². The van der Waals surface area contributed by atoms with E-state index < -0.39 is 12.0 Å². The average molecular weight is 295 g/mol. The second kappa shape index (κ2) is 6.31. The molecule has 20 heavy (non-hydrogen) atoms. The van der Waals surface area contributed by atoms with Crippen LogP contribution in [0.1, 0.15) is 5.69 Å². The van der Waals surface area contributed by atoms with Gasteiger partial charge in [0.1, 0.15) is 6.10 Å². The molecule has 7 nitrogen and oxygen atoms in total. The van der Waals surface area contributed by atoms with Gasteiger partial charge in [-0.2, -0.15) is 0 Å². The minimum atomic E-state index is -1.38. The van der Waals surface area contributed by atoms with E-state index in [9.17, 15) is 9.59 Å². The summed E-state index contributed by atoms with van der Waals surface area (Å²) >= 11 is 1.37. The third kappa shape index (κ3) is 3.65. The molecule has 106 valence electrons. The van der Waals surface area contributed by atoms with Crippen LogP contribution in [0.25, 0.3) is 10.8 Å². The van der Waals surface area contributed by atoms with Gasteiger partial charge in [0.2, 0.25) is 11.8 Å². The third-order valence-corrected chi connectivity index (χ3v) is 3.35. The number of rotatable bonds is 6. The van der Waals surface area contributed by atoms with Gasteiger partial charge in [-0.05, 0) is 12.1 Å². The molecule has 0 radical (unpaired) electrons. The lowest BCUT2D eigenvalue weighted by atomic mass is 10.3. The Labute approximate surface area is 118 Å². The van der Waals surface area contributed by atoms with E-state index >= 15 is 0 Å². The van der Waals surface area contributed by atoms with E-state index in [2.05, 4.69) is 10.3 Å². The normalized spacial score (nSPS) is 12.1. The van der Waals surface area contributed by atoms with Crippen LogP contribution in [0.4, 0.5) is 0 Å². The Balaban J connectivity index is 1.87. The lowest BCUT2D eigenvalue weighted by Crippen LogP contribution is -2.40.